The van der Waals surface area contributed by atoms with E-state index in [1.807, 2.05) is 18.2 Å². The summed E-state index contributed by atoms with van der Waals surface area (Å²) in [6.07, 6.45) is 7.21. The molecule has 4 nitrogen and oxygen atoms in total. The minimum Gasteiger partial charge on any atom is -0.492 e. The van der Waals surface area contributed by atoms with E-state index >= 15 is 0 Å². The average molecular weight is 391 g/mol. The molecule has 1 N–H and O–H groups in total. The number of hydrogen-bond acceptors (Lipinski definition) is 3. The zero-order valence-electron chi connectivity index (χ0n) is 14.4. The third kappa shape index (κ3) is 3.53. The lowest BCUT2D eigenvalue weighted by Gasteiger charge is -2.43. The molecule has 0 unspecified atom stereocenters. The van der Waals surface area contributed by atoms with Crippen molar-refractivity contribution in [1.82, 2.24) is 10.3 Å². The minimum absolute atomic E-state index is 0.136. The number of aryl methyl sites for hydroxylation is 1. The Kier molecular flexibility index (Phi) is 4.80. The SMILES string of the molecule is O=C(NC1(Cc2ccc(Cl)cc2Cl)CCC1)c1cc2c(cn1)OCCC2. The molecule has 136 valence electrons. The molecule has 2 heterocycles. The first-order chi connectivity index (χ1) is 12.5. The molecule has 1 aliphatic heterocycles. The van der Waals surface area contributed by atoms with Crippen LogP contribution < -0.4 is 10.1 Å². The van der Waals surface area contributed by atoms with E-state index in [0.29, 0.717) is 28.8 Å². The number of halogens is 2. The molecule has 1 amide bonds. The summed E-state index contributed by atoms with van der Waals surface area (Å²) in [7, 11) is 0. The van der Waals surface area contributed by atoms with Gasteiger partial charge in [0.1, 0.15) is 11.4 Å². The molecular weight excluding hydrogens is 371 g/mol. The molecule has 1 saturated carbocycles. The number of ether oxygens (including phenoxy) is 1. The van der Waals surface area contributed by atoms with E-state index in [1.54, 1.807) is 12.3 Å². The molecule has 0 radical (unpaired) electrons. The fourth-order valence-electron chi connectivity index (χ4n) is 3.66. The van der Waals surface area contributed by atoms with Crippen LogP contribution in [0.1, 0.15) is 47.3 Å². The third-order valence-corrected chi connectivity index (χ3v) is 5.85. The normalized spacial score (nSPS) is 17.6. The Hall–Kier alpha value is -1.78. The summed E-state index contributed by atoms with van der Waals surface area (Å²) in [5.74, 6) is 0.655. The molecule has 2 aromatic rings. The van der Waals surface area contributed by atoms with Gasteiger partial charge in [0.05, 0.1) is 12.8 Å². The highest BCUT2D eigenvalue weighted by Gasteiger charge is 2.39. The van der Waals surface area contributed by atoms with Crippen LogP contribution in [0.15, 0.2) is 30.5 Å². The van der Waals surface area contributed by atoms with E-state index in [1.165, 1.54) is 0 Å². The molecule has 26 heavy (non-hydrogen) atoms. The van der Waals surface area contributed by atoms with E-state index in [-0.39, 0.29) is 11.4 Å². The van der Waals surface area contributed by atoms with Crippen molar-refractivity contribution < 1.29 is 9.53 Å². The predicted octanol–water partition coefficient (Wildman–Crippen LogP) is 4.61. The molecular formula is C20H20Cl2N2O2. The summed E-state index contributed by atoms with van der Waals surface area (Å²) >= 11 is 12.3. The van der Waals surface area contributed by atoms with Gasteiger partial charge in [-0.05, 0) is 67.9 Å². The smallest absolute Gasteiger partial charge is 0.270 e. The fraction of sp³-hybridized carbons (Fsp3) is 0.400. The molecule has 4 rings (SSSR count). The van der Waals surface area contributed by atoms with Gasteiger partial charge in [-0.3, -0.25) is 4.79 Å². The Bertz CT molecular complexity index is 850. The molecule has 1 aliphatic carbocycles. The highest BCUT2D eigenvalue weighted by Crippen LogP contribution is 2.37. The Balaban J connectivity index is 1.51. The first kappa shape index (κ1) is 17.6. The zero-order chi connectivity index (χ0) is 18.1. The topological polar surface area (TPSA) is 51.2 Å². The van der Waals surface area contributed by atoms with Crippen LogP contribution in [0.4, 0.5) is 0 Å². The highest BCUT2D eigenvalue weighted by atomic mass is 35.5. The molecule has 6 heteroatoms. The van der Waals surface area contributed by atoms with Crippen LogP contribution in [0.3, 0.4) is 0 Å². The van der Waals surface area contributed by atoms with Crippen molar-refractivity contribution in [2.24, 2.45) is 0 Å². The van der Waals surface area contributed by atoms with Gasteiger partial charge in [0.25, 0.3) is 5.91 Å². The number of carbonyl (C=O) groups excluding carboxylic acids is 1. The van der Waals surface area contributed by atoms with Gasteiger partial charge in [-0.15, -0.1) is 0 Å². The van der Waals surface area contributed by atoms with Crippen LogP contribution in [0.2, 0.25) is 10.0 Å². The summed E-state index contributed by atoms with van der Waals surface area (Å²) in [5, 5.41) is 4.47. The fourth-order valence-corrected chi connectivity index (χ4v) is 4.14. The first-order valence-electron chi connectivity index (χ1n) is 8.93. The van der Waals surface area contributed by atoms with Crippen LogP contribution in [-0.4, -0.2) is 23.0 Å². The van der Waals surface area contributed by atoms with Gasteiger partial charge in [-0.25, -0.2) is 4.98 Å². The third-order valence-electron chi connectivity index (χ3n) is 5.26. The van der Waals surface area contributed by atoms with Gasteiger partial charge in [0, 0.05) is 15.6 Å². The highest BCUT2D eigenvalue weighted by molar-refractivity contribution is 6.35. The maximum atomic E-state index is 12.8. The number of nitrogens with zero attached hydrogens (tertiary/aromatic N) is 1. The van der Waals surface area contributed by atoms with Crippen LogP contribution in [-0.2, 0) is 12.8 Å². The second-order valence-corrected chi connectivity index (χ2v) is 7.97. The lowest BCUT2D eigenvalue weighted by Crippen LogP contribution is -2.55. The van der Waals surface area contributed by atoms with E-state index in [4.69, 9.17) is 27.9 Å². The largest absolute Gasteiger partial charge is 0.492 e. The molecule has 0 atom stereocenters. The van der Waals surface area contributed by atoms with Crippen molar-refractivity contribution in [2.45, 2.75) is 44.1 Å². The number of carbonyl (C=O) groups is 1. The standard InChI is InChI=1S/C20H20Cl2N2O2/c21-15-5-4-14(16(22)10-15)11-20(6-2-7-20)24-19(25)17-9-13-3-1-8-26-18(13)12-23-17/h4-5,9-10,12H,1-3,6-8,11H2,(H,24,25). The van der Waals surface area contributed by atoms with Gasteiger partial charge in [0.15, 0.2) is 0 Å². The van der Waals surface area contributed by atoms with Crippen molar-refractivity contribution in [3.63, 3.8) is 0 Å². The summed E-state index contributed by atoms with van der Waals surface area (Å²) in [5.41, 5.74) is 2.24. The molecule has 0 saturated heterocycles. The molecule has 1 aromatic heterocycles. The maximum absolute atomic E-state index is 12.8. The van der Waals surface area contributed by atoms with Crippen LogP contribution >= 0.6 is 23.2 Å². The van der Waals surface area contributed by atoms with E-state index in [0.717, 1.165) is 49.0 Å². The number of fused-ring (bicyclic) bond motifs is 1. The van der Waals surface area contributed by atoms with Gasteiger partial charge in [0.2, 0.25) is 0 Å². The molecule has 0 bridgehead atoms. The Morgan fingerprint density at radius 1 is 1.23 bits per heavy atom. The number of aromatic nitrogens is 1. The van der Waals surface area contributed by atoms with Gasteiger partial charge >= 0.3 is 0 Å². The molecule has 1 aromatic carbocycles. The number of pyridine rings is 1. The summed E-state index contributed by atoms with van der Waals surface area (Å²) in [4.78, 5) is 17.1. The number of amides is 1. The van der Waals surface area contributed by atoms with E-state index in [9.17, 15) is 4.79 Å². The second kappa shape index (κ2) is 7.09. The average Bonchev–Trinajstić information content (AvgIpc) is 2.61. The lowest BCUT2D eigenvalue weighted by atomic mass is 9.72. The van der Waals surface area contributed by atoms with Crippen molar-refractivity contribution in [1.29, 1.82) is 0 Å². The lowest BCUT2D eigenvalue weighted by molar-refractivity contribution is 0.0821. The maximum Gasteiger partial charge on any atom is 0.270 e. The summed E-state index contributed by atoms with van der Waals surface area (Å²) < 4.78 is 5.57. The Morgan fingerprint density at radius 2 is 2.08 bits per heavy atom. The van der Waals surface area contributed by atoms with Crippen molar-refractivity contribution in [2.75, 3.05) is 6.61 Å². The monoisotopic (exact) mass is 390 g/mol. The number of rotatable bonds is 4. The number of benzene rings is 1. The zero-order valence-corrected chi connectivity index (χ0v) is 15.9. The molecule has 1 fully saturated rings. The van der Waals surface area contributed by atoms with Gasteiger partial charge < -0.3 is 10.1 Å². The summed E-state index contributed by atoms with van der Waals surface area (Å²) in [6.45, 7) is 0.713. The quantitative estimate of drug-likeness (QED) is 0.828. The second-order valence-electron chi connectivity index (χ2n) is 7.13. The molecule has 0 spiro atoms. The van der Waals surface area contributed by atoms with E-state index in [2.05, 4.69) is 10.3 Å². The summed E-state index contributed by atoms with van der Waals surface area (Å²) in [6, 6.07) is 7.37. The van der Waals surface area contributed by atoms with Gasteiger partial charge in [-0.2, -0.15) is 0 Å². The Labute approximate surface area is 162 Å². The molecule has 2 aliphatic rings. The Morgan fingerprint density at radius 3 is 2.81 bits per heavy atom. The van der Waals surface area contributed by atoms with Crippen molar-refractivity contribution >= 4 is 29.1 Å². The van der Waals surface area contributed by atoms with Crippen LogP contribution in [0.25, 0.3) is 0 Å². The van der Waals surface area contributed by atoms with Crippen molar-refractivity contribution in [3.05, 3.63) is 57.3 Å². The van der Waals surface area contributed by atoms with Crippen LogP contribution in [0, 0.1) is 0 Å². The minimum atomic E-state index is -0.261. The van der Waals surface area contributed by atoms with Gasteiger partial charge in [-0.1, -0.05) is 29.3 Å². The van der Waals surface area contributed by atoms with E-state index < -0.39 is 0 Å². The predicted molar refractivity (Wildman–Crippen MR) is 102 cm³/mol. The van der Waals surface area contributed by atoms with Crippen molar-refractivity contribution in [3.8, 4) is 5.75 Å². The van der Waals surface area contributed by atoms with Crippen LogP contribution in [0.5, 0.6) is 5.75 Å². The first-order valence-corrected chi connectivity index (χ1v) is 9.68. The number of hydrogen-bond donors (Lipinski definition) is 1. The number of nitrogens with one attached hydrogen (secondary N) is 1.